The molecule has 3 rings (SSSR count). The zero-order valence-corrected chi connectivity index (χ0v) is 15.2. The van der Waals surface area contributed by atoms with Crippen molar-refractivity contribution in [3.8, 4) is 0 Å². The monoisotopic (exact) mass is 350 g/mol. The highest BCUT2D eigenvalue weighted by Gasteiger charge is 2.38. The van der Waals surface area contributed by atoms with Crippen LogP contribution < -0.4 is 0 Å². The largest absolute Gasteiger partial charge is 0.338 e. The van der Waals surface area contributed by atoms with E-state index in [9.17, 15) is 13.2 Å². The van der Waals surface area contributed by atoms with Crippen molar-refractivity contribution in [1.29, 1.82) is 0 Å². The summed E-state index contributed by atoms with van der Waals surface area (Å²) in [6, 6.07) is 8.45. The molecule has 0 radical (unpaired) electrons. The molecule has 1 atom stereocenters. The topological polar surface area (TPSA) is 57.7 Å². The number of rotatable bonds is 5. The quantitative estimate of drug-likeness (QED) is 0.819. The van der Waals surface area contributed by atoms with Gasteiger partial charge in [-0.15, -0.1) is 0 Å². The Hall–Kier alpha value is -1.40. The molecule has 1 aliphatic heterocycles. The zero-order valence-electron chi connectivity index (χ0n) is 14.4. The van der Waals surface area contributed by atoms with Crippen LogP contribution in [0.4, 0.5) is 0 Å². The van der Waals surface area contributed by atoms with E-state index in [0.717, 1.165) is 6.54 Å². The molecule has 1 amide bonds. The van der Waals surface area contributed by atoms with Gasteiger partial charge in [-0.05, 0) is 36.8 Å². The second-order valence-electron chi connectivity index (χ2n) is 7.23. The lowest BCUT2D eigenvalue weighted by Crippen LogP contribution is -2.48. The molecular formula is C18H26N2O3S. The van der Waals surface area contributed by atoms with Crippen molar-refractivity contribution >= 4 is 15.9 Å². The van der Waals surface area contributed by atoms with Gasteiger partial charge < -0.3 is 4.90 Å². The van der Waals surface area contributed by atoms with Crippen LogP contribution in [0.1, 0.15) is 33.1 Å². The van der Waals surface area contributed by atoms with Crippen LogP contribution in [0.25, 0.3) is 0 Å². The summed E-state index contributed by atoms with van der Waals surface area (Å²) < 4.78 is 27.4. The molecule has 6 heteroatoms. The fourth-order valence-electron chi connectivity index (χ4n) is 3.29. The molecule has 24 heavy (non-hydrogen) atoms. The van der Waals surface area contributed by atoms with Gasteiger partial charge in [0.2, 0.25) is 15.9 Å². The Bertz CT molecular complexity index is 683. The minimum absolute atomic E-state index is 0.0564. The van der Waals surface area contributed by atoms with E-state index < -0.39 is 10.0 Å². The normalized spacial score (nSPS) is 23.5. The molecule has 5 nitrogen and oxygen atoms in total. The highest BCUT2D eigenvalue weighted by atomic mass is 32.2. The highest BCUT2D eigenvalue weighted by Crippen LogP contribution is 2.32. The fraction of sp³-hybridized carbons (Fsp3) is 0.611. The first-order valence-electron chi connectivity index (χ1n) is 8.74. The van der Waals surface area contributed by atoms with Crippen LogP contribution >= 0.6 is 0 Å². The number of hydrogen-bond donors (Lipinski definition) is 0. The summed E-state index contributed by atoms with van der Waals surface area (Å²) in [5, 5.41) is 0. The first-order chi connectivity index (χ1) is 11.4. The SMILES string of the molecule is CC(C)[C@@H]1CN(S(=O)(=O)c2ccccc2)CCC(=O)N1CC1CC1. The molecule has 1 aromatic carbocycles. The Morgan fingerprint density at radius 2 is 1.83 bits per heavy atom. The molecule has 0 unspecified atom stereocenters. The molecular weight excluding hydrogens is 324 g/mol. The smallest absolute Gasteiger partial charge is 0.243 e. The second kappa shape index (κ2) is 6.84. The number of carbonyl (C=O) groups excluding carboxylic acids is 1. The summed E-state index contributed by atoms with van der Waals surface area (Å²) in [5.41, 5.74) is 0. The first-order valence-corrected chi connectivity index (χ1v) is 10.2. The number of carbonyl (C=O) groups is 1. The fourth-order valence-corrected chi connectivity index (χ4v) is 4.77. The van der Waals surface area contributed by atoms with Gasteiger partial charge in [-0.1, -0.05) is 32.0 Å². The number of hydrogen-bond acceptors (Lipinski definition) is 3. The van der Waals surface area contributed by atoms with Crippen molar-refractivity contribution in [2.45, 2.75) is 44.0 Å². The minimum atomic E-state index is -3.56. The van der Waals surface area contributed by atoms with E-state index >= 15 is 0 Å². The van der Waals surface area contributed by atoms with E-state index in [1.165, 1.54) is 17.1 Å². The van der Waals surface area contributed by atoms with Crippen LogP contribution in [0.15, 0.2) is 35.2 Å². The maximum atomic E-state index is 13.0. The van der Waals surface area contributed by atoms with Gasteiger partial charge in [-0.3, -0.25) is 4.79 Å². The molecule has 0 aromatic heterocycles. The first kappa shape index (κ1) is 17.4. The summed E-state index contributed by atoms with van der Waals surface area (Å²) in [4.78, 5) is 14.9. The standard InChI is InChI=1S/C18H26N2O3S/c1-14(2)17-13-19(24(22,23)16-6-4-3-5-7-16)11-10-18(21)20(17)12-15-8-9-15/h3-7,14-15,17H,8-13H2,1-2H3/t17-/m0/s1. The van der Waals surface area contributed by atoms with Crippen LogP contribution in [0.2, 0.25) is 0 Å². The number of sulfonamides is 1. The van der Waals surface area contributed by atoms with E-state index in [2.05, 4.69) is 13.8 Å². The van der Waals surface area contributed by atoms with Crippen LogP contribution in [0.3, 0.4) is 0 Å². The van der Waals surface area contributed by atoms with Gasteiger partial charge in [0, 0.05) is 32.1 Å². The molecule has 0 bridgehead atoms. The lowest BCUT2D eigenvalue weighted by atomic mass is 10.0. The van der Waals surface area contributed by atoms with Crippen molar-refractivity contribution < 1.29 is 13.2 Å². The maximum absolute atomic E-state index is 13.0. The summed E-state index contributed by atoms with van der Waals surface area (Å²) in [7, 11) is -3.56. The average molecular weight is 350 g/mol. The lowest BCUT2D eigenvalue weighted by molar-refractivity contribution is -0.133. The predicted octanol–water partition coefficient (Wildman–Crippen LogP) is 2.34. The van der Waals surface area contributed by atoms with Gasteiger partial charge in [0.25, 0.3) is 0 Å². The van der Waals surface area contributed by atoms with Crippen LogP contribution in [0.5, 0.6) is 0 Å². The van der Waals surface area contributed by atoms with Crippen molar-refractivity contribution in [3.05, 3.63) is 30.3 Å². The molecule has 1 saturated carbocycles. The van der Waals surface area contributed by atoms with Crippen molar-refractivity contribution in [2.24, 2.45) is 11.8 Å². The van der Waals surface area contributed by atoms with Gasteiger partial charge in [-0.2, -0.15) is 4.31 Å². The molecule has 132 valence electrons. The van der Waals surface area contributed by atoms with Crippen LogP contribution in [0, 0.1) is 11.8 Å². The van der Waals surface area contributed by atoms with E-state index in [-0.39, 0.29) is 30.8 Å². The Labute approximate surface area is 144 Å². The Balaban J connectivity index is 1.86. The molecule has 1 aliphatic carbocycles. The van der Waals surface area contributed by atoms with Crippen molar-refractivity contribution in [2.75, 3.05) is 19.6 Å². The van der Waals surface area contributed by atoms with E-state index in [4.69, 9.17) is 0 Å². The molecule has 2 aliphatic rings. The second-order valence-corrected chi connectivity index (χ2v) is 9.16. The number of amides is 1. The summed E-state index contributed by atoms with van der Waals surface area (Å²) in [6.45, 7) is 5.56. The Morgan fingerprint density at radius 3 is 2.42 bits per heavy atom. The third kappa shape index (κ3) is 3.64. The van der Waals surface area contributed by atoms with Gasteiger partial charge in [-0.25, -0.2) is 8.42 Å². The van der Waals surface area contributed by atoms with Crippen molar-refractivity contribution in [3.63, 3.8) is 0 Å². The molecule has 1 aromatic rings. The predicted molar refractivity (Wildman–Crippen MR) is 92.9 cm³/mol. The summed E-state index contributed by atoms with van der Waals surface area (Å²) in [5.74, 6) is 0.915. The number of benzene rings is 1. The van der Waals surface area contributed by atoms with Gasteiger partial charge in [0.05, 0.1) is 4.90 Å². The van der Waals surface area contributed by atoms with E-state index in [0.29, 0.717) is 17.4 Å². The van der Waals surface area contributed by atoms with Gasteiger partial charge in [0.1, 0.15) is 0 Å². The minimum Gasteiger partial charge on any atom is -0.338 e. The third-order valence-corrected chi connectivity index (χ3v) is 6.87. The van der Waals surface area contributed by atoms with Crippen LogP contribution in [-0.2, 0) is 14.8 Å². The zero-order chi connectivity index (χ0) is 17.3. The van der Waals surface area contributed by atoms with E-state index in [1.807, 2.05) is 4.90 Å². The summed E-state index contributed by atoms with van der Waals surface area (Å²) in [6.07, 6.45) is 2.63. The summed E-state index contributed by atoms with van der Waals surface area (Å²) >= 11 is 0. The molecule has 0 spiro atoms. The number of nitrogens with zero attached hydrogens (tertiary/aromatic N) is 2. The Kier molecular flexibility index (Phi) is 4.97. The highest BCUT2D eigenvalue weighted by molar-refractivity contribution is 7.89. The lowest BCUT2D eigenvalue weighted by Gasteiger charge is -2.34. The van der Waals surface area contributed by atoms with Gasteiger partial charge in [0.15, 0.2) is 0 Å². The van der Waals surface area contributed by atoms with Gasteiger partial charge >= 0.3 is 0 Å². The Morgan fingerprint density at radius 1 is 1.17 bits per heavy atom. The van der Waals surface area contributed by atoms with Crippen molar-refractivity contribution in [1.82, 2.24) is 9.21 Å². The average Bonchev–Trinajstić information content (AvgIpc) is 3.38. The van der Waals surface area contributed by atoms with E-state index in [1.54, 1.807) is 30.3 Å². The molecule has 2 fully saturated rings. The third-order valence-electron chi connectivity index (χ3n) is 4.99. The molecule has 1 saturated heterocycles. The molecule has 0 N–H and O–H groups in total. The van der Waals surface area contributed by atoms with Crippen LogP contribution in [-0.4, -0.2) is 49.2 Å². The maximum Gasteiger partial charge on any atom is 0.243 e. The molecule has 1 heterocycles.